The van der Waals surface area contributed by atoms with Crippen LogP contribution in [0.1, 0.15) is 18.4 Å². The molecule has 1 aromatic carbocycles. The van der Waals surface area contributed by atoms with Crippen LogP contribution < -0.4 is 5.32 Å². The predicted molar refractivity (Wildman–Crippen MR) is 76.8 cm³/mol. The molecule has 0 saturated carbocycles. The fourth-order valence-corrected chi connectivity index (χ4v) is 2.01. The van der Waals surface area contributed by atoms with Crippen molar-refractivity contribution >= 4 is 5.91 Å². The molecule has 0 bridgehead atoms. The number of aromatic nitrogens is 1. The quantitative estimate of drug-likeness (QED) is 0.774. The first-order chi connectivity index (χ1) is 9.74. The van der Waals surface area contributed by atoms with Crippen molar-refractivity contribution in [3.05, 3.63) is 60.2 Å². The Morgan fingerprint density at radius 3 is 2.55 bits per heavy atom. The van der Waals surface area contributed by atoms with Crippen LogP contribution in [-0.4, -0.2) is 17.0 Å². The lowest BCUT2D eigenvalue weighted by Crippen LogP contribution is -2.25. The molecule has 1 amide bonds. The standard InChI is InChI=1S/C16H19FN2O/c17-15-7-4-14(5-8-15)6-9-16(20)18-10-3-13-19-11-1-2-12-19/h1-2,4-5,7-8,11-12H,3,6,9-10,13H2,(H,18,20). The summed E-state index contributed by atoms with van der Waals surface area (Å²) in [7, 11) is 0. The van der Waals surface area contributed by atoms with Crippen molar-refractivity contribution in [2.75, 3.05) is 6.54 Å². The van der Waals surface area contributed by atoms with E-state index < -0.39 is 0 Å². The van der Waals surface area contributed by atoms with Crippen molar-refractivity contribution in [3.8, 4) is 0 Å². The van der Waals surface area contributed by atoms with Crippen molar-refractivity contribution in [1.82, 2.24) is 9.88 Å². The van der Waals surface area contributed by atoms with Gasteiger partial charge < -0.3 is 9.88 Å². The maximum Gasteiger partial charge on any atom is 0.220 e. The molecular weight excluding hydrogens is 255 g/mol. The lowest BCUT2D eigenvalue weighted by Gasteiger charge is -2.06. The number of aryl methyl sites for hydroxylation is 2. The number of nitrogens with zero attached hydrogens (tertiary/aromatic N) is 1. The van der Waals surface area contributed by atoms with Crippen LogP contribution in [0.15, 0.2) is 48.8 Å². The summed E-state index contributed by atoms with van der Waals surface area (Å²) < 4.78 is 14.8. The van der Waals surface area contributed by atoms with E-state index in [2.05, 4.69) is 9.88 Å². The summed E-state index contributed by atoms with van der Waals surface area (Å²) in [5.41, 5.74) is 0.980. The molecule has 3 nitrogen and oxygen atoms in total. The highest BCUT2D eigenvalue weighted by atomic mass is 19.1. The van der Waals surface area contributed by atoms with Crippen molar-refractivity contribution in [3.63, 3.8) is 0 Å². The summed E-state index contributed by atoms with van der Waals surface area (Å²) in [6, 6.07) is 10.3. The van der Waals surface area contributed by atoms with Gasteiger partial charge in [-0.15, -0.1) is 0 Å². The normalized spacial score (nSPS) is 10.4. The van der Waals surface area contributed by atoms with Gasteiger partial charge in [-0.2, -0.15) is 0 Å². The Balaban J connectivity index is 1.59. The molecule has 0 radical (unpaired) electrons. The molecule has 0 spiro atoms. The number of amides is 1. The maximum absolute atomic E-state index is 12.7. The lowest BCUT2D eigenvalue weighted by atomic mass is 10.1. The SMILES string of the molecule is O=C(CCc1ccc(F)cc1)NCCCn1cccc1. The van der Waals surface area contributed by atoms with E-state index in [1.807, 2.05) is 24.5 Å². The Morgan fingerprint density at radius 1 is 1.15 bits per heavy atom. The third-order valence-electron chi connectivity index (χ3n) is 3.14. The zero-order valence-electron chi connectivity index (χ0n) is 11.4. The molecular formula is C16H19FN2O. The predicted octanol–water partition coefficient (Wildman–Crippen LogP) is 2.77. The molecule has 4 heteroatoms. The summed E-state index contributed by atoms with van der Waals surface area (Å²) in [5.74, 6) is -0.204. The van der Waals surface area contributed by atoms with Gasteiger partial charge in [0.05, 0.1) is 0 Å². The third-order valence-corrected chi connectivity index (χ3v) is 3.14. The number of rotatable bonds is 7. The van der Waals surface area contributed by atoms with Gasteiger partial charge in [0.15, 0.2) is 0 Å². The molecule has 20 heavy (non-hydrogen) atoms. The molecule has 0 aliphatic carbocycles. The van der Waals surface area contributed by atoms with Crippen LogP contribution in [0, 0.1) is 5.82 Å². The molecule has 0 aliphatic rings. The molecule has 0 atom stereocenters. The minimum atomic E-state index is -0.247. The number of hydrogen-bond acceptors (Lipinski definition) is 1. The van der Waals surface area contributed by atoms with Gasteiger partial charge in [0.25, 0.3) is 0 Å². The van der Waals surface area contributed by atoms with E-state index in [4.69, 9.17) is 0 Å². The molecule has 1 N–H and O–H groups in total. The molecule has 2 rings (SSSR count). The molecule has 1 heterocycles. The van der Waals surface area contributed by atoms with Gasteiger partial charge in [-0.3, -0.25) is 4.79 Å². The Kier molecular flexibility index (Phi) is 5.35. The number of halogens is 1. The molecule has 0 fully saturated rings. The summed E-state index contributed by atoms with van der Waals surface area (Å²) in [5, 5.41) is 2.90. The number of carbonyl (C=O) groups is 1. The Morgan fingerprint density at radius 2 is 1.85 bits per heavy atom. The number of nitrogens with one attached hydrogen (secondary N) is 1. The minimum absolute atomic E-state index is 0.0434. The monoisotopic (exact) mass is 274 g/mol. The van der Waals surface area contributed by atoms with Gasteiger partial charge in [-0.05, 0) is 42.7 Å². The van der Waals surface area contributed by atoms with Crippen LogP contribution in [0.3, 0.4) is 0 Å². The second-order valence-electron chi connectivity index (χ2n) is 4.75. The fourth-order valence-electron chi connectivity index (χ4n) is 2.01. The second kappa shape index (κ2) is 7.48. The van der Waals surface area contributed by atoms with E-state index in [0.717, 1.165) is 18.5 Å². The minimum Gasteiger partial charge on any atom is -0.356 e. The van der Waals surface area contributed by atoms with Crippen molar-refractivity contribution in [2.24, 2.45) is 0 Å². The van der Waals surface area contributed by atoms with E-state index >= 15 is 0 Å². The van der Waals surface area contributed by atoms with Crippen molar-refractivity contribution in [1.29, 1.82) is 0 Å². The summed E-state index contributed by atoms with van der Waals surface area (Å²) in [6.45, 7) is 1.59. The Labute approximate surface area is 118 Å². The molecule has 1 aromatic heterocycles. The first kappa shape index (κ1) is 14.3. The third kappa shape index (κ3) is 4.88. The average molecular weight is 274 g/mol. The largest absolute Gasteiger partial charge is 0.356 e. The molecule has 0 unspecified atom stereocenters. The summed E-state index contributed by atoms with van der Waals surface area (Å²) in [4.78, 5) is 11.7. The Hall–Kier alpha value is -2.10. The molecule has 2 aromatic rings. The van der Waals surface area contributed by atoms with E-state index in [-0.39, 0.29) is 11.7 Å². The maximum atomic E-state index is 12.7. The van der Waals surface area contributed by atoms with Crippen LogP contribution in [0.25, 0.3) is 0 Å². The highest BCUT2D eigenvalue weighted by molar-refractivity contribution is 5.76. The zero-order chi connectivity index (χ0) is 14.2. The molecule has 0 saturated heterocycles. The smallest absolute Gasteiger partial charge is 0.220 e. The van der Waals surface area contributed by atoms with Gasteiger partial charge in [-0.1, -0.05) is 12.1 Å². The van der Waals surface area contributed by atoms with Crippen molar-refractivity contribution in [2.45, 2.75) is 25.8 Å². The van der Waals surface area contributed by atoms with Crippen molar-refractivity contribution < 1.29 is 9.18 Å². The number of hydrogen-bond donors (Lipinski definition) is 1. The van der Waals surface area contributed by atoms with Crippen LogP contribution in [-0.2, 0) is 17.8 Å². The van der Waals surface area contributed by atoms with Crippen LogP contribution in [0.2, 0.25) is 0 Å². The number of carbonyl (C=O) groups excluding carboxylic acids is 1. The van der Waals surface area contributed by atoms with E-state index in [1.54, 1.807) is 12.1 Å². The topological polar surface area (TPSA) is 34.0 Å². The van der Waals surface area contributed by atoms with Crippen LogP contribution >= 0.6 is 0 Å². The highest BCUT2D eigenvalue weighted by Gasteiger charge is 2.02. The van der Waals surface area contributed by atoms with Gasteiger partial charge >= 0.3 is 0 Å². The molecule has 106 valence electrons. The first-order valence-electron chi connectivity index (χ1n) is 6.86. The molecule has 0 aliphatic heterocycles. The van der Waals surface area contributed by atoms with E-state index in [0.29, 0.717) is 19.4 Å². The van der Waals surface area contributed by atoms with Gasteiger partial charge in [0, 0.05) is 31.9 Å². The lowest BCUT2D eigenvalue weighted by molar-refractivity contribution is -0.121. The van der Waals surface area contributed by atoms with Crippen LogP contribution in [0.4, 0.5) is 4.39 Å². The second-order valence-corrected chi connectivity index (χ2v) is 4.75. The van der Waals surface area contributed by atoms with Gasteiger partial charge in [0.1, 0.15) is 5.82 Å². The van der Waals surface area contributed by atoms with E-state index in [1.165, 1.54) is 12.1 Å². The Bertz CT molecular complexity index is 520. The highest BCUT2D eigenvalue weighted by Crippen LogP contribution is 2.05. The van der Waals surface area contributed by atoms with E-state index in [9.17, 15) is 9.18 Å². The average Bonchev–Trinajstić information content (AvgIpc) is 2.96. The summed E-state index contributed by atoms with van der Waals surface area (Å²) in [6.07, 6.45) is 6.02. The summed E-state index contributed by atoms with van der Waals surface area (Å²) >= 11 is 0. The van der Waals surface area contributed by atoms with Crippen LogP contribution in [0.5, 0.6) is 0 Å². The zero-order valence-corrected chi connectivity index (χ0v) is 11.4. The fraction of sp³-hybridized carbons (Fsp3) is 0.312. The number of benzene rings is 1. The van der Waals surface area contributed by atoms with Gasteiger partial charge in [0.2, 0.25) is 5.91 Å². The first-order valence-corrected chi connectivity index (χ1v) is 6.86. The van der Waals surface area contributed by atoms with Gasteiger partial charge in [-0.25, -0.2) is 4.39 Å².